The minimum Gasteiger partial charge on any atom is -0.489 e. The lowest BCUT2D eigenvalue weighted by molar-refractivity contribution is -0.128. The topological polar surface area (TPSA) is 310 Å². The number of ether oxygens (including phenoxy) is 3. The average Bonchev–Trinajstić information content (AvgIpc) is 1.62. The van der Waals surface area contributed by atoms with E-state index in [2.05, 4.69) is 54.6 Å². The quantitative estimate of drug-likeness (QED) is 0.0672. The van der Waals surface area contributed by atoms with Gasteiger partial charge >= 0.3 is 0 Å². The number of piperidine rings is 3. The number of likely N-dealkylation sites (tertiary alicyclic amines) is 3. The van der Waals surface area contributed by atoms with Crippen LogP contribution < -0.4 is 31.4 Å². The standard InChI is InChI=1S/C27H27FN6O2.C26H24ClFN6O2.C23H22ClN7O2S/c1-3-23(35)33-11-5-8-20(14-33)34-27-24(26(29)30-16-31-27)25(32-34)22-10-9-21(12-17(22)2)36-15-18-6-4-7-19(28)13-18;1-2-22(35)33-10-4-7-18(13-33)34-26-23(25(29)30-15-31-26)24(32-34)20-9-8-19(12-21(20)27)36-14-16-5-3-6-17(28)11-16;1-2-19(32)30-8-3-4-15(11-30)31-23-20(22(25)27-13-28-23)21(29-31)14-5-6-17(16(24)10-14)33-12-18-26-7-9-34-18/h3-4,6-7,9-10,12-13,16,20H,1,5,8,11,14-15H2,2H3,(H2,29,30,31);2-3,5-6,8-9,11-12,15,18H,1,4,7,10,13-14H2,(H2,29,30,31);2,5-7,9-10,13,15H,1,3-4,8,11-12H2,(H2,25,27,28)/t20-;18-;15-/m111/s1. The van der Waals surface area contributed by atoms with Crippen molar-refractivity contribution in [2.45, 2.75) is 83.4 Å². The second kappa shape index (κ2) is 32.5. The van der Waals surface area contributed by atoms with E-state index in [1.807, 2.05) is 56.7 Å². The summed E-state index contributed by atoms with van der Waals surface area (Å²) in [5, 5.41) is 20.3. The van der Waals surface area contributed by atoms with Gasteiger partial charge in [0.2, 0.25) is 17.7 Å². The van der Waals surface area contributed by atoms with Gasteiger partial charge in [-0.3, -0.25) is 14.4 Å². The van der Waals surface area contributed by atoms with Crippen molar-refractivity contribution in [2.24, 2.45) is 0 Å². The summed E-state index contributed by atoms with van der Waals surface area (Å²) >= 11 is 14.7. The number of amides is 3. The molecule has 5 aromatic carbocycles. The normalized spacial score (nSPS) is 15.8. The van der Waals surface area contributed by atoms with Gasteiger partial charge < -0.3 is 46.1 Å². The molecule has 3 saturated heterocycles. The van der Waals surface area contributed by atoms with Crippen LogP contribution in [0, 0.1) is 18.6 Å². The maximum absolute atomic E-state index is 13.5. The van der Waals surface area contributed by atoms with Crippen molar-refractivity contribution in [3.8, 4) is 51.0 Å². The van der Waals surface area contributed by atoms with Crippen LogP contribution in [0.3, 0.4) is 0 Å². The van der Waals surface area contributed by atoms with E-state index >= 15 is 0 Å². The molecular weight excluding hydrogens is 1420 g/mol. The Labute approximate surface area is 621 Å². The number of anilines is 3. The summed E-state index contributed by atoms with van der Waals surface area (Å²) in [6.07, 6.45) is 15.1. The fourth-order valence-electron chi connectivity index (χ4n) is 13.4. The van der Waals surface area contributed by atoms with Gasteiger partial charge in [-0.15, -0.1) is 11.3 Å². The molecule has 0 radical (unpaired) electrons. The van der Waals surface area contributed by atoms with E-state index in [-0.39, 0.29) is 60.7 Å². The number of aromatic nitrogens is 13. The zero-order valence-corrected chi connectivity index (χ0v) is 60.0. The molecule has 3 amide bonds. The van der Waals surface area contributed by atoms with Crippen molar-refractivity contribution in [3.63, 3.8) is 0 Å². The summed E-state index contributed by atoms with van der Waals surface area (Å²) in [6.45, 7) is 17.2. The van der Waals surface area contributed by atoms with Crippen LogP contribution in [0.4, 0.5) is 26.2 Å². The number of hydrogen-bond donors (Lipinski definition) is 3. The highest BCUT2D eigenvalue weighted by molar-refractivity contribution is 7.09. The van der Waals surface area contributed by atoms with Gasteiger partial charge in [0.15, 0.2) is 16.9 Å². The summed E-state index contributed by atoms with van der Waals surface area (Å²) in [5.74, 6) is 1.84. The zero-order valence-electron chi connectivity index (χ0n) is 57.7. The molecule has 0 unspecified atom stereocenters. The molecule has 3 fully saturated rings. The Morgan fingerprint density at radius 2 is 0.981 bits per heavy atom. The Bertz CT molecular complexity index is 5070. The van der Waals surface area contributed by atoms with E-state index in [1.54, 1.807) is 69.4 Å². The fraction of sp³-hybridized carbons (Fsp3) is 0.250. The van der Waals surface area contributed by atoms with Crippen LogP contribution in [0.25, 0.3) is 66.9 Å². The summed E-state index contributed by atoms with van der Waals surface area (Å²) in [7, 11) is 0. The Morgan fingerprint density at radius 3 is 1.42 bits per heavy atom. The number of carbonyl (C=O) groups is 3. The van der Waals surface area contributed by atoms with Crippen LogP contribution in [0.15, 0.2) is 172 Å². The van der Waals surface area contributed by atoms with Gasteiger partial charge in [0.25, 0.3) is 0 Å². The van der Waals surface area contributed by atoms with E-state index in [0.29, 0.717) is 152 Å². The summed E-state index contributed by atoms with van der Waals surface area (Å²) in [6, 6.07) is 28.9. The molecule has 542 valence electrons. The number of nitrogen functional groups attached to an aromatic ring is 3. The van der Waals surface area contributed by atoms with E-state index in [9.17, 15) is 23.2 Å². The third-order valence-corrected chi connectivity index (χ3v) is 19.9. The number of nitrogens with zero attached hydrogens (tertiary/aromatic N) is 16. The number of hydrogen-bond acceptors (Lipinski definition) is 20. The molecule has 3 aliphatic heterocycles. The molecule has 25 nitrogen and oxygen atoms in total. The summed E-state index contributed by atoms with van der Waals surface area (Å²) < 4.78 is 50.0. The monoisotopic (exact) mass is 1490 g/mol. The van der Waals surface area contributed by atoms with Gasteiger partial charge in [0.1, 0.15) is 107 Å². The van der Waals surface area contributed by atoms with Crippen LogP contribution in [0.2, 0.25) is 10.0 Å². The average molecular weight is 1490 g/mol. The molecule has 6 N–H and O–H groups in total. The maximum atomic E-state index is 13.5. The number of benzene rings is 5. The second-order valence-corrected chi connectivity index (χ2v) is 27.2. The third-order valence-electron chi connectivity index (χ3n) is 18.5. The molecule has 3 atom stereocenters. The van der Waals surface area contributed by atoms with Gasteiger partial charge in [-0.1, -0.05) is 67.2 Å². The number of fused-ring (bicyclic) bond motifs is 3. The predicted molar refractivity (Wildman–Crippen MR) is 403 cm³/mol. The first-order valence-electron chi connectivity index (χ1n) is 34.1. The first-order valence-corrected chi connectivity index (χ1v) is 35.7. The molecule has 7 aromatic heterocycles. The molecule has 30 heteroatoms. The molecule has 3 aliphatic rings. The minimum atomic E-state index is -0.318. The van der Waals surface area contributed by atoms with Crippen molar-refractivity contribution >= 4 is 103 Å². The summed E-state index contributed by atoms with van der Waals surface area (Å²) in [4.78, 5) is 72.2. The molecule has 15 rings (SSSR count). The van der Waals surface area contributed by atoms with Crippen LogP contribution in [0.1, 0.15) is 78.3 Å². The van der Waals surface area contributed by atoms with E-state index in [0.717, 1.165) is 65.8 Å². The third kappa shape index (κ3) is 16.0. The fourth-order valence-corrected chi connectivity index (χ4v) is 14.4. The molecule has 0 saturated carbocycles. The van der Waals surface area contributed by atoms with E-state index in [1.165, 1.54) is 72.8 Å². The van der Waals surface area contributed by atoms with Crippen LogP contribution in [-0.2, 0) is 34.2 Å². The highest BCUT2D eigenvalue weighted by atomic mass is 35.5. The maximum Gasteiger partial charge on any atom is 0.246 e. The lowest BCUT2D eigenvalue weighted by Gasteiger charge is -2.32. The SMILES string of the molecule is C=CC(=O)N1CCC[C@@H](n2nc(-c3ccc(OCc4cccc(F)c4)cc3C)c3c(N)ncnc32)C1.C=CC(=O)N1CCC[C@@H](n2nc(-c3ccc(OCc4cccc(F)c4)cc3Cl)c3c(N)ncnc32)C1.C=CC(=O)N1CCC[C@@H](n2nc(-c3ccc(OCc4nccs4)c(Cl)c3)c3c(N)ncnc32)C1. The van der Waals surface area contributed by atoms with Crippen LogP contribution in [-0.4, -0.2) is 136 Å². The summed E-state index contributed by atoms with van der Waals surface area (Å²) in [5.41, 5.74) is 27.2. The van der Waals surface area contributed by atoms with Gasteiger partial charge in [0.05, 0.1) is 44.3 Å². The van der Waals surface area contributed by atoms with Crippen molar-refractivity contribution in [2.75, 3.05) is 56.5 Å². The number of nitrogens with two attached hydrogens (primary N) is 3. The Hall–Kier alpha value is -11.8. The minimum absolute atomic E-state index is 0.0395. The van der Waals surface area contributed by atoms with Crippen LogP contribution in [0.5, 0.6) is 17.2 Å². The van der Waals surface area contributed by atoms with Crippen molar-refractivity contribution in [3.05, 3.63) is 215 Å². The smallest absolute Gasteiger partial charge is 0.246 e. The van der Waals surface area contributed by atoms with Gasteiger partial charge in [0, 0.05) is 67.5 Å². The van der Waals surface area contributed by atoms with Crippen molar-refractivity contribution < 1.29 is 37.4 Å². The van der Waals surface area contributed by atoms with Crippen molar-refractivity contribution in [1.82, 2.24) is 78.9 Å². The highest BCUT2D eigenvalue weighted by Gasteiger charge is 2.32. The molecule has 10 heterocycles. The molecule has 106 heavy (non-hydrogen) atoms. The molecule has 12 aromatic rings. The van der Waals surface area contributed by atoms with Gasteiger partial charge in [-0.05, 0) is 159 Å². The van der Waals surface area contributed by atoms with E-state index < -0.39 is 0 Å². The number of thiazole rings is 1. The Morgan fingerprint density at radius 1 is 0.528 bits per heavy atom. The Balaban J connectivity index is 0.000000141. The second-order valence-electron chi connectivity index (χ2n) is 25.4. The lowest BCUT2D eigenvalue weighted by atomic mass is 10.0. The number of halogens is 4. The molecular formula is C76H73Cl2F2N19O6S. The molecule has 0 bridgehead atoms. The zero-order chi connectivity index (χ0) is 74.1. The van der Waals surface area contributed by atoms with E-state index in [4.69, 9.17) is 69.9 Å². The predicted octanol–water partition coefficient (Wildman–Crippen LogP) is 13.4. The molecule has 0 aliphatic carbocycles. The van der Waals surface area contributed by atoms with Gasteiger partial charge in [-0.2, -0.15) is 15.3 Å². The first kappa shape index (κ1) is 72.6. The molecule has 0 spiro atoms. The highest BCUT2D eigenvalue weighted by Crippen LogP contribution is 2.42. The largest absolute Gasteiger partial charge is 0.489 e. The first-order chi connectivity index (χ1) is 51.4. The Kier molecular flexibility index (Phi) is 22.3. The van der Waals surface area contributed by atoms with Gasteiger partial charge in [-0.25, -0.2) is 57.7 Å². The van der Waals surface area contributed by atoms with Crippen LogP contribution >= 0.6 is 34.5 Å². The van der Waals surface area contributed by atoms with Crippen molar-refractivity contribution in [1.29, 1.82) is 0 Å². The lowest BCUT2D eigenvalue weighted by Crippen LogP contribution is -2.40. The number of carbonyl (C=O) groups excluding carboxylic acids is 3. The number of aryl methyl sites for hydroxylation is 1. The number of rotatable bonds is 18.